The molecule has 0 bridgehead atoms. The highest BCUT2D eigenvalue weighted by atomic mass is 16.3. The zero-order valence-electron chi connectivity index (χ0n) is 10.6. The van der Waals surface area contributed by atoms with E-state index in [0.29, 0.717) is 11.8 Å². The summed E-state index contributed by atoms with van der Waals surface area (Å²) in [6.07, 6.45) is 4.69. The molecule has 3 unspecified atom stereocenters. The lowest BCUT2D eigenvalue weighted by molar-refractivity contribution is 0.0581. The molecule has 0 aromatic rings. The molecule has 0 aliphatic heterocycles. The van der Waals surface area contributed by atoms with Crippen molar-refractivity contribution in [2.24, 2.45) is 17.8 Å². The van der Waals surface area contributed by atoms with E-state index in [1.54, 1.807) is 0 Å². The zero-order valence-corrected chi connectivity index (χ0v) is 10.6. The van der Waals surface area contributed by atoms with Crippen molar-refractivity contribution in [1.29, 1.82) is 0 Å². The van der Waals surface area contributed by atoms with E-state index in [0.717, 1.165) is 12.3 Å². The van der Waals surface area contributed by atoms with E-state index in [9.17, 15) is 5.11 Å². The minimum atomic E-state index is -0.104. The van der Waals surface area contributed by atoms with Gasteiger partial charge in [-0.1, -0.05) is 53.9 Å². The molecular formula is C13H28O. The maximum absolute atomic E-state index is 9.95. The fraction of sp³-hybridized carbons (Fsp3) is 1.00. The van der Waals surface area contributed by atoms with Gasteiger partial charge < -0.3 is 5.11 Å². The molecule has 0 aliphatic rings. The summed E-state index contributed by atoms with van der Waals surface area (Å²) in [5.41, 5.74) is 0. The Labute approximate surface area is 89.9 Å². The van der Waals surface area contributed by atoms with Crippen molar-refractivity contribution in [3.63, 3.8) is 0 Å². The zero-order chi connectivity index (χ0) is 11.1. The van der Waals surface area contributed by atoms with Crippen LogP contribution in [0.4, 0.5) is 0 Å². The predicted octanol–water partition coefficient (Wildman–Crippen LogP) is 3.86. The van der Waals surface area contributed by atoms with E-state index in [2.05, 4.69) is 34.6 Å². The fourth-order valence-corrected chi connectivity index (χ4v) is 1.82. The Balaban J connectivity index is 3.67. The van der Waals surface area contributed by atoms with E-state index >= 15 is 0 Å². The average Bonchev–Trinajstić information content (AvgIpc) is 2.14. The molecule has 0 saturated heterocycles. The van der Waals surface area contributed by atoms with Crippen LogP contribution >= 0.6 is 0 Å². The van der Waals surface area contributed by atoms with Gasteiger partial charge in [0.25, 0.3) is 0 Å². The van der Waals surface area contributed by atoms with Gasteiger partial charge in [0.1, 0.15) is 0 Å². The molecule has 86 valence electrons. The van der Waals surface area contributed by atoms with Crippen LogP contribution in [0.3, 0.4) is 0 Å². The fourth-order valence-electron chi connectivity index (χ4n) is 1.82. The van der Waals surface area contributed by atoms with Crippen LogP contribution in [0.2, 0.25) is 0 Å². The van der Waals surface area contributed by atoms with Gasteiger partial charge >= 0.3 is 0 Å². The third kappa shape index (κ3) is 5.64. The molecule has 0 rings (SSSR count). The summed E-state index contributed by atoms with van der Waals surface area (Å²) in [4.78, 5) is 0. The number of hydrogen-bond acceptors (Lipinski definition) is 1. The van der Waals surface area contributed by atoms with E-state index < -0.39 is 0 Å². The second kappa shape index (κ2) is 7.28. The summed E-state index contributed by atoms with van der Waals surface area (Å²) in [5, 5.41) is 9.95. The highest BCUT2D eigenvalue weighted by Crippen LogP contribution is 2.21. The van der Waals surface area contributed by atoms with Crippen LogP contribution in [0.5, 0.6) is 0 Å². The molecule has 3 atom stereocenters. The third-order valence-corrected chi connectivity index (χ3v) is 3.25. The van der Waals surface area contributed by atoms with Gasteiger partial charge in [0.2, 0.25) is 0 Å². The number of hydrogen-bond donors (Lipinski definition) is 1. The van der Waals surface area contributed by atoms with Crippen molar-refractivity contribution in [2.45, 2.75) is 66.4 Å². The highest BCUT2D eigenvalue weighted by molar-refractivity contribution is 4.70. The van der Waals surface area contributed by atoms with Crippen LogP contribution in [0.25, 0.3) is 0 Å². The van der Waals surface area contributed by atoms with Crippen LogP contribution in [-0.2, 0) is 0 Å². The first-order valence-electron chi connectivity index (χ1n) is 6.17. The smallest absolute Gasteiger partial charge is 0.0591 e. The normalized spacial score (nSPS) is 18.2. The lowest BCUT2D eigenvalue weighted by Gasteiger charge is -2.24. The topological polar surface area (TPSA) is 20.2 Å². The maximum atomic E-state index is 9.95. The lowest BCUT2D eigenvalue weighted by Crippen LogP contribution is -2.25. The van der Waals surface area contributed by atoms with Gasteiger partial charge in [-0.05, 0) is 24.2 Å². The molecule has 0 radical (unpaired) electrons. The number of aliphatic hydroxyl groups excluding tert-OH is 1. The van der Waals surface area contributed by atoms with Gasteiger partial charge in [-0.2, -0.15) is 0 Å². The van der Waals surface area contributed by atoms with E-state index in [4.69, 9.17) is 0 Å². The van der Waals surface area contributed by atoms with Crippen molar-refractivity contribution in [1.82, 2.24) is 0 Å². The van der Waals surface area contributed by atoms with Crippen LogP contribution in [0.1, 0.15) is 60.3 Å². The van der Waals surface area contributed by atoms with E-state index in [-0.39, 0.29) is 6.10 Å². The Morgan fingerprint density at radius 3 is 1.93 bits per heavy atom. The summed E-state index contributed by atoms with van der Waals surface area (Å²) in [5.74, 6) is 1.70. The third-order valence-electron chi connectivity index (χ3n) is 3.25. The van der Waals surface area contributed by atoms with Gasteiger partial charge in [0.05, 0.1) is 6.10 Å². The Morgan fingerprint density at radius 2 is 1.50 bits per heavy atom. The van der Waals surface area contributed by atoms with Crippen LogP contribution in [0, 0.1) is 17.8 Å². The monoisotopic (exact) mass is 200 g/mol. The van der Waals surface area contributed by atoms with Crippen LogP contribution in [-0.4, -0.2) is 11.2 Å². The number of aliphatic hydroxyl groups is 1. The minimum absolute atomic E-state index is 0.104. The van der Waals surface area contributed by atoms with Crippen molar-refractivity contribution in [3.8, 4) is 0 Å². The summed E-state index contributed by atoms with van der Waals surface area (Å²) < 4.78 is 0. The molecule has 1 heteroatoms. The Hall–Kier alpha value is -0.0400. The van der Waals surface area contributed by atoms with Gasteiger partial charge in [-0.15, -0.1) is 0 Å². The second-order valence-corrected chi connectivity index (χ2v) is 5.18. The summed E-state index contributed by atoms with van der Waals surface area (Å²) in [7, 11) is 0. The van der Waals surface area contributed by atoms with Crippen molar-refractivity contribution < 1.29 is 5.11 Å². The number of rotatable bonds is 7. The molecule has 0 heterocycles. The van der Waals surface area contributed by atoms with Crippen LogP contribution < -0.4 is 0 Å². The Morgan fingerprint density at radius 1 is 0.929 bits per heavy atom. The molecule has 0 aromatic carbocycles. The molecule has 0 aromatic heterocycles. The quantitative estimate of drug-likeness (QED) is 0.661. The minimum Gasteiger partial charge on any atom is -0.393 e. The Bertz CT molecular complexity index is 131. The largest absolute Gasteiger partial charge is 0.393 e. The van der Waals surface area contributed by atoms with Crippen molar-refractivity contribution in [2.75, 3.05) is 0 Å². The molecule has 0 spiro atoms. The standard InChI is InChI=1S/C13H28O/c1-6-11(4)13(14)12(5)9-7-8-10(2)3/h10-14H,6-9H2,1-5H3. The van der Waals surface area contributed by atoms with Gasteiger partial charge in [-0.3, -0.25) is 0 Å². The highest BCUT2D eigenvalue weighted by Gasteiger charge is 2.19. The first-order valence-corrected chi connectivity index (χ1v) is 6.17. The lowest BCUT2D eigenvalue weighted by atomic mass is 9.87. The average molecular weight is 200 g/mol. The maximum Gasteiger partial charge on any atom is 0.0591 e. The van der Waals surface area contributed by atoms with Crippen molar-refractivity contribution in [3.05, 3.63) is 0 Å². The molecule has 1 nitrogen and oxygen atoms in total. The predicted molar refractivity (Wildman–Crippen MR) is 63.3 cm³/mol. The van der Waals surface area contributed by atoms with Crippen LogP contribution in [0.15, 0.2) is 0 Å². The molecule has 0 saturated carbocycles. The van der Waals surface area contributed by atoms with E-state index in [1.165, 1.54) is 19.3 Å². The molecule has 1 N–H and O–H groups in total. The van der Waals surface area contributed by atoms with Crippen molar-refractivity contribution >= 4 is 0 Å². The molecule has 0 aliphatic carbocycles. The SMILES string of the molecule is CCC(C)C(O)C(C)CCCC(C)C. The summed E-state index contributed by atoms with van der Waals surface area (Å²) in [6.45, 7) is 11.0. The Kier molecular flexibility index (Phi) is 7.26. The van der Waals surface area contributed by atoms with E-state index in [1.807, 2.05) is 0 Å². The first kappa shape index (κ1) is 14.0. The van der Waals surface area contributed by atoms with Gasteiger partial charge in [0, 0.05) is 0 Å². The van der Waals surface area contributed by atoms with Gasteiger partial charge in [-0.25, -0.2) is 0 Å². The first-order chi connectivity index (χ1) is 6.49. The summed E-state index contributed by atoms with van der Waals surface area (Å²) in [6, 6.07) is 0. The molecule has 0 fully saturated rings. The second-order valence-electron chi connectivity index (χ2n) is 5.18. The summed E-state index contributed by atoms with van der Waals surface area (Å²) >= 11 is 0. The molecule has 0 amide bonds. The molecule has 14 heavy (non-hydrogen) atoms. The molecular weight excluding hydrogens is 172 g/mol. The van der Waals surface area contributed by atoms with Gasteiger partial charge in [0.15, 0.2) is 0 Å².